The van der Waals surface area contributed by atoms with Crippen molar-refractivity contribution >= 4 is 0 Å². The minimum Gasteiger partial charge on any atom is -0.493 e. The number of methoxy groups -OCH3 is 3. The molecule has 0 saturated heterocycles. The van der Waals surface area contributed by atoms with E-state index in [-0.39, 0.29) is 17.6 Å². The van der Waals surface area contributed by atoms with Crippen LogP contribution in [0.3, 0.4) is 0 Å². The minimum absolute atomic E-state index is 0.0253. The molecular weight excluding hydrogens is 230 g/mol. The number of rotatable bonds is 4. The second-order valence-electron chi connectivity index (χ2n) is 5.32. The Labute approximate surface area is 109 Å². The van der Waals surface area contributed by atoms with Crippen LogP contribution in [-0.4, -0.2) is 33.5 Å². The van der Waals surface area contributed by atoms with E-state index >= 15 is 0 Å². The van der Waals surface area contributed by atoms with Crippen LogP contribution in [0.25, 0.3) is 0 Å². The lowest BCUT2D eigenvalue weighted by Crippen LogP contribution is -2.53. The lowest BCUT2D eigenvalue weighted by molar-refractivity contribution is -0.0198. The van der Waals surface area contributed by atoms with Crippen LogP contribution in [-0.2, 0) is 14.2 Å². The van der Waals surface area contributed by atoms with Crippen LogP contribution in [0.1, 0.15) is 19.8 Å². The first-order valence-electron chi connectivity index (χ1n) is 6.38. The second kappa shape index (κ2) is 4.94. The highest BCUT2D eigenvalue weighted by Gasteiger charge is 2.48. The van der Waals surface area contributed by atoms with E-state index in [9.17, 15) is 0 Å². The van der Waals surface area contributed by atoms with Gasteiger partial charge in [0, 0.05) is 18.6 Å². The summed E-state index contributed by atoms with van der Waals surface area (Å²) in [5.74, 6) is 1.93. The molecule has 2 N–H and O–H groups in total. The molecule has 1 saturated carbocycles. The van der Waals surface area contributed by atoms with Crippen molar-refractivity contribution in [2.45, 2.75) is 31.9 Å². The molecule has 2 aliphatic rings. The molecule has 0 spiro atoms. The fourth-order valence-corrected chi connectivity index (χ4v) is 3.10. The molecule has 0 radical (unpaired) electrons. The molecule has 0 aromatic heterocycles. The highest BCUT2D eigenvalue weighted by Crippen LogP contribution is 2.49. The summed E-state index contributed by atoms with van der Waals surface area (Å²) in [5.41, 5.74) is 6.01. The molecule has 0 heterocycles. The molecule has 4 nitrogen and oxygen atoms in total. The van der Waals surface area contributed by atoms with Crippen LogP contribution >= 0.6 is 0 Å². The predicted octanol–water partition coefficient (Wildman–Crippen LogP) is 1.82. The number of ether oxygens (including phenoxy) is 3. The van der Waals surface area contributed by atoms with Gasteiger partial charge in [-0.3, -0.25) is 0 Å². The zero-order chi connectivity index (χ0) is 13.3. The van der Waals surface area contributed by atoms with Crippen molar-refractivity contribution < 1.29 is 14.2 Å². The molecule has 2 aliphatic carbocycles. The van der Waals surface area contributed by atoms with Crippen LogP contribution in [0.5, 0.6) is 0 Å². The van der Waals surface area contributed by atoms with Gasteiger partial charge in [0.25, 0.3) is 0 Å². The number of hydrogen-bond acceptors (Lipinski definition) is 4. The van der Waals surface area contributed by atoms with Crippen LogP contribution in [0, 0.1) is 11.3 Å². The van der Waals surface area contributed by atoms with E-state index in [1.807, 2.05) is 6.08 Å². The SMILES string of the molecule is COC1=CC(OC)C(C)([C@H]2CC[C@H]2N)C=C1OC. The summed E-state index contributed by atoms with van der Waals surface area (Å²) in [7, 11) is 5.03. The number of hydrogen-bond donors (Lipinski definition) is 1. The summed E-state index contributed by atoms with van der Waals surface area (Å²) in [6.07, 6.45) is 6.31. The van der Waals surface area contributed by atoms with Gasteiger partial charge in [0.1, 0.15) is 0 Å². The molecule has 0 aromatic carbocycles. The van der Waals surface area contributed by atoms with Gasteiger partial charge >= 0.3 is 0 Å². The Morgan fingerprint density at radius 1 is 1.17 bits per heavy atom. The molecule has 102 valence electrons. The highest BCUT2D eigenvalue weighted by atomic mass is 16.5. The average molecular weight is 253 g/mol. The van der Waals surface area contributed by atoms with Crippen molar-refractivity contribution in [2.75, 3.05) is 21.3 Å². The van der Waals surface area contributed by atoms with E-state index in [1.54, 1.807) is 21.3 Å². The van der Waals surface area contributed by atoms with Gasteiger partial charge in [-0.05, 0) is 30.9 Å². The smallest absolute Gasteiger partial charge is 0.159 e. The van der Waals surface area contributed by atoms with Crippen molar-refractivity contribution in [3.8, 4) is 0 Å². The summed E-state index contributed by atoms with van der Waals surface area (Å²) in [6, 6.07) is 0.250. The van der Waals surface area contributed by atoms with Gasteiger partial charge in [0.15, 0.2) is 11.5 Å². The third-order valence-corrected chi connectivity index (χ3v) is 4.42. The second-order valence-corrected chi connectivity index (χ2v) is 5.32. The van der Waals surface area contributed by atoms with E-state index < -0.39 is 0 Å². The van der Waals surface area contributed by atoms with Crippen molar-refractivity contribution in [1.82, 2.24) is 0 Å². The molecule has 2 rings (SSSR count). The normalized spacial score (nSPS) is 39.5. The highest BCUT2D eigenvalue weighted by molar-refractivity contribution is 5.32. The zero-order valence-electron chi connectivity index (χ0n) is 11.6. The fraction of sp³-hybridized carbons (Fsp3) is 0.714. The van der Waals surface area contributed by atoms with Crippen molar-refractivity contribution in [3.05, 3.63) is 23.7 Å². The fourth-order valence-electron chi connectivity index (χ4n) is 3.10. The van der Waals surface area contributed by atoms with E-state index in [4.69, 9.17) is 19.9 Å². The first-order chi connectivity index (χ1) is 8.56. The Bertz CT molecular complexity index is 377. The van der Waals surface area contributed by atoms with Crippen molar-refractivity contribution in [3.63, 3.8) is 0 Å². The van der Waals surface area contributed by atoms with Gasteiger partial charge in [-0.15, -0.1) is 0 Å². The molecule has 1 fully saturated rings. The summed E-state index contributed by atoms with van der Waals surface area (Å²) in [6.45, 7) is 2.19. The van der Waals surface area contributed by atoms with Crippen LogP contribution in [0.2, 0.25) is 0 Å². The first kappa shape index (κ1) is 13.4. The lowest BCUT2D eigenvalue weighted by atomic mass is 9.59. The van der Waals surface area contributed by atoms with E-state index in [0.29, 0.717) is 5.92 Å². The minimum atomic E-state index is -0.125. The Morgan fingerprint density at radius 2 is 1.83 bits per heavy atom. The maximum Gasteiger partial charge on any atom is 0.159 e. The molecule has 4 atom stereocenters. The molecule has 0 aliphatic heterocycles. The van der Waals surface area contributed by atoms with Crippen LogP contribution in [0.15, 0.2) is 23.7 Å². The zero-order valence-corrected chi connectivity index (χ0v) is 11.6. The Hall–Kier alpha value is -1.00. The van der Waals surface area contributed by atoms with Crippen LogP contribution < -0.4 is 5.73 Å². The average Bonchev–Trinajstić information content (AvgIpc) is 2.36. The Morgan fingerprint density at radius 3 is 2.22 bits per heavy atom. The number of nitrogens with two attached hydrogens (primary N) is 1. The molecule has 2 unspecified atom stereocenters. The lowest BCUT2D eigenvalue weighted by Gasteiger charge is -2.49. The van der Waals surface area contributed by atoms with Gasteiger partial charge in [-0.1, -0.05) is 6.92 Å². The van der Waals surface area contributed by atoms with Gasteiger partial charge in [0.05, 0.1) is 20.3 Å². The topological polar surface area (TPSA) is 53.7 Å². The third-order valence-electron chi connectivity index (χ3n) is 4.42. The summed E-state index contributed by atoms with van der Waals surface area (Å²) < 4.78 is 16.4. The van der Waals surface area contributed by atoms with E-state index in [1.165, 1.54) is 0 Å². The largest absolute Gasteiger partial charge is 0.493 e. The third kappa shape index (κ3) is 1.93. The Kier molecular flexibility index (Phi) is 3.69. The van der Waals surface area contributed by atoms with Crippen molar-refractivity contribution in [2.24, 2.45) is 17.1 Å². The van der Waals surface area contributed by atoms with Gasteiger partial charge in [0.2, 0.25) is 0 Å². The maximum absolute atomic E-state index is 6.13. The first-order valence-corrected chi connectivity index (χ1v) is 6.38. The van der Waals surface area contributed by atoms with Crippen molar-refractivity contribution in [1.29, 1.82) is 0 Å². The molecule has 18 heavy (non-hydrogen) atoms. The van der Waals surface area contributed by atoms with E-state index in [2.05, 4.69) is 13.0 Å². The molecule has 0 bridgehead atoms. The molecule has 4 heteroatoms. The van der Waals surface area contributed by atoms with Gasteiger partial charge in [-0.2, -0.15) is 0 Å². The Balaban J connectivity index is 2.34. The molecular formula is C14H23NO3. The summed E-state index contributed by atoms with van der Waals surface area (Å²) >= 11 is 0. The van der Waals surface area contributed by atoms with Gasteiger partial charge in [-0.25, -0.2) is 0 Å². The van der Waals surface area contributed by atoms with Crippen LogP contribution in [0.4, 0.5) is 0 Å². The monoisotopic (exact) mass is 253 g/mol. The summed E-state index contributed by atoms with van der Waals surface area (Å²) in [4.78, 5) is 0. The summed E-state index contributed by atoms with van der Waals surface area (Å²) in [5, 5.41) is 0. The van der Waals surface area contributed by atoms with E-state index in [0.717, 1.165) is 24.4 Å². The maximum atomic E-state index is 6.13. The standard InChI is InChI=1S/C14H23NO3/c1-14(9-5-6-10(9)15)8-12(17-3)11(16-2)7-13(14)18-4/h7-10,13H,5-6,15H2,1-4H3/t9-,10+,13?,14?/m0/s1. The predicted molar refractivity (Wildman–Crippen MR) is 69.8 cm³/mol. The quantitative estimate of drug-likeness (QED) is 0.830. The molecule has 0 amide bonds. The molecule has 0 aromatic rings. The van der Waals surface area contributed by atoms with Gasteiger partial charge < -0.3 is 19.9 Å².